The number of hydrogen-bond acceptors (Lipinski definition) is 5. The Hall–Kier alpha value is -2.09. The first-order valence-electron chi connectivity index (χ1n) is 5.50. The van der Waals surface area contributed by atoms with E-state index in [1.807, 2.05) is 0 Å². The number of rotatable bonds is 4. The van der Waals surface area contributed by atoms with Crippen molar-refractivity contribution in [1.82, 2.24) is 10.9 Å². The highest BCUT2D eigenvalue weighted by Gasteiger charge is 2.12. The van der Waals surface area contributed by atoms with E-state index in [0.29, 0.717) is 10.2 Å². The molecular weight excluding hydrogens is 332 g/mol. The Morgan fingerprint density at radius 1 is 1.25 bits per heavy atom. The second-order valence-corrected chi connectivity index (χ2v) is 4.51. The van der Waals surface area contributed by atoms with Crippen LogP contribution in [0.5, 0.6) is 5.75 Å². The van der Waals surface area contributed by atoms with Crippen molar-refractivity contribution in [1.29, 1.82) is 0 Å². The Bertz CT molecular complexity index is 533. The molecule has 0 saturated heterocycles. The fourth-order valence-corrected chi connectivity index (χ4v) is 1.74. The van der Waals surface area contributed by atoms with E-state index in [2.05, 4.69) is 26.8 Å². The van der Waals surface area contributed by atoms with Gasteiger partial charge in [-0.2, -0.15) is 0 Å². The third-order valence-electron chi connectivity index (χ3n) is 2.10. The fraction of sp³-hybridized carbons (Fsp3) is 0.250. The van der Waals surface area contributed by atoms with Crippen LogP contribution in [0.25, 0.3) is 0 Å². The standard InChI is InChI=1S/C12H13BrN2O5/c1-7(16)14-15-11(17)6-20-12(18)8-3-4-10(19-2)9(13)5-8/h3-5H,6H2,1-2H3,(H,14,16)(H,15,17). The van der Waals surface area contributed by atoms with Crippen LogP contribution in [0, 0.1) is 0 Å². The van der Waals surface area contributed by atoms with Crippen molar-refractivity contribution in [2.24, 2.45) is 0 Å². The van der Waals surface area contributed by atoms with Crippen molar-refractivity contribution in [3.05, 3.63) is 28.2 Å². The van der Waals surface area contributed by atoms with Gasteiger partial charge in [0.25, 0.3) is 5.91 Å². The van der Waals surface area contributed by atoms with Gasteiger partial charge in [0.05, 0.1) is 17.1 Å². The summed E-state index contributed by atoms with van der Waals surface area (Å²) in [5.74, 6) is -1.15. The number of carbonyl (C=O) groups excluding carboxylic acids is 3. The molecule has 1 rings (SSSR count). The third kappa shape index (κ3) is 4.88. The van der Waals surface area contributed by atoms with Gasteiger partial charge in [-0.25, -0.2) is 4.79 Å². The van der Waals surface area contributed by atoms with Gasteiger partial charge < -0.3 is 9.47 Å². The van der Waals surface area contributed by atoms with Gasteiger partial charge >= 0.3 is 5.97 Å². The number of carbonyl (C=O) groups is 3. The highest BCUT2D eigenvalue weighted by atomic mass is 79.9. The summed E-state index contributed by atoms with van der Waals surface area (Å²) in [6, 6.07) is 4.63. The lowest BCUT2D eigenvalue weighted by molar-refractivity contribution is -0.129. The fourth-order valence-electron chi connectivity index (χ4n) is 1.20. The first-order chi connectivity index (χ1) is 9.43. The number of ether oxygens (including phenoxy) is 2. The zero-order valence-electron chi connectivity index (χ0n) is 10.9. The van der Waals surface area contributed by atoms with Crippen molar-refractivity contribution in [3.8, 4) is 5.75 Å². The monoisotopic (exact) mass is 344 g/mol. The number of hydrazine groups is 1. The SMILES string of the molecule is COc1ccc(C(=O)OCC(=O)NNC(C)=O)cc1Br. The van der Waals surface area contributed by atoms with E-state index >= 15 is 0 Å². The molecule has 0 unspecified atom stereocenters. The molecule has 7 nitrogen and oxygen atoms in total. The molecule has 0 atom stereocenters. The molecule has 1 aromatic rings. The van der Waals surface area contributed by atoms with Gasteiger partial charge in [0.1, 0.15) is 5.75 Å². The Morgan fingerprint density at radius 3 is 2.50 bits per heavy atom. The number of methoxy groups -OCH3 is 1. The second-order valence-electron chi connectivity index (χ2n) is 3.65. The van der Waals surface area contributed by atoms with Gasteiger partial charge in [-0.1, -0.05) is 0 Å². The van der Waals surface area contributed by atoms with Crippen LogP contribution in [0.2, 0.25) is 0 Å². The van der Waals surface area contributed by atoms with Crippen molar-refractivity contribution in [3.63, 3.8) is 0 Å². The van der Waals surface area contributed by atoms with Crippen molar-refractivity contribution < 1.29 is 23.9 Å². The van der Waals surface area contributed by atoms with Crippen LogP contribution in [0.3, 0.4) is 0 Å². The van der Waals surface area contributed by atoms with Gasteiger partial charge in [0.2, 0.25) is 5.91 Å². The van der Waals surface area contributed by atoms with E-state index in [9.17, 15) is 14.4 Å². The summed E-state index contributed by atoms with van der Waals surface area (Å²) >= 11 is 3.24. The van der Waals surface area contributed by atoms with Crippen LogP contribution < -0.4 is 15.6 Å². The van der Waals surface area contributed by atoms with Gasteiger partial charge in [-0.05, 0) is 34.1 Å². The van der Waals surface area contributed by atoms with E-state index in [0.717, 1.165) is 0 Å². The lowest BCUT2D eigenvalue weighted by Gasteiger charge is -2.08. The maximum absolute atomic E-state index is 11.7. The van der Waals surface area contributed by atoms with E-state index in [4.69, 9.17) is 9.47 Å². The van der Waals surface area contributed by atoms with Gasteiger partial charge in [-0.3, -0.25) is 20.4 Å². The predicted octanol–water partition coefficient (Wildman–Crippen LogP) is 0.782. The number of halogens is 1. The quantitative estimate of drug-likeness (QED) is 0.621. The van der Waals surface area contributed by atoms with E-state index < -0.39 is 24.4 Å². The molecule has 2 amide bonds. The Morgan fingerprint density at radius 2 is 1.95 bits per heavy atom. The van der Waals surface area contributed by atoms with Crippen LogP contribution in [0.4, 0.5) is 0 Å². The van der Waals surface area contributed by atoms with Crippen LogP contribution in [0.15, 0.2) is 22.7 Å². The van der Waals surface area contributed by atoms with Gasteiger partial charge in [0, 0.05) is 6.92 Å². The van der Waals surface area contributed by atoms with Crippen molar-refractivity contribution in [2.45, 2.75) is 6.92 Å². The number of esters is 1. The number of hydrogen-bond donors (Lipinski definition) is 2. The topological polar surface area (TPSA) is 93.7 Å². The molecule has 20 heavy (non-hydrogen) atoms. The molecule has 0 radical (unpaired) electrons. The zero-order valence-corrected chi connectivity index (χ0v) is 12.4. The summed E-state index contributed by atoms with van der Waals surface area (Å²) in [7, 11) is 1.50. The molecule has 2 N–H and O–H groups in total. The van der Waals surface area contributed by atoms with Crippen LogP contribution in [0.1, 0.15) is 17.3 Å². The normalized spacial score (nSPS) is 9.55. The number of nitrogens with one attached hydrogen (secondary N) is 2. The van der Waals surface area contributed by atoms with Crippen LogP contribution in [-0.2, 0) is 14.3 Å². The Labute approximate surface area is 123 Å². The molecule has 8 heteroatoms. The summed E-state index contributed by atoms with van der Waals surface area (Å²) in [6.45, 7) is 0.740. The summed E-state index contributed by atoms with van der Waals surface area (Å²) in [6.07, 6.45) is 0. The number of benzene rings is 1. The summed E-state index contributed by atoms with van der Waals surface area (Å²) in [5, 5.41) is 0. The van der Waals surface area contributed by atoms with E-state index in [-0.39, 0.29) is 5.56 Å². The van der Waals surface area contributed by atoms with Crippen LogP contribution in [-0.4, -0.2) is 31.5 Å². The van der Waals surface area contributed by atoms with Gasteiger partial charge in [0.15, 0.2) is 6.61 Å². The minimum atomic E-state index is -0.661. The molecular formula is C12H13BrN2O5. The molecule has 0 bridgehead atoms. The smallest absolute Gasteiger partial charge is 0.338 e. The molecule has 0 saturated carbocycles. The Kier molecular flexibility index (Phi) is 5.98. The first kappa shape index (κ1) is 16.0. The lowest BCUT2D eigenvalue weighted by atomic mass is 10.2. The molecule has 0 spiro atoms. The molecule has 0 fully saturated rings. The average Bonchev–Trinajstić information content (AvgIpc) is 2.42. The average molecular weight is 345 g/mol. The molecule has 1 aromatic carbocycles. The zero-order chi connectivity index (χ0) is 15.1. The lowest BCUT2D eigenvalue weighted by Crippen LogP contribution is -2.42. The maximum atomic E-state index is 11.7. The molecule has 0 aliphatic heterocycles. The van der Waals surface area contributed by atoms with Crippen LogP contribution >= 0.6 is 15.9 Å². The largest absolute Gasteiger partial charge is 0.496 e. The summed E-state index contributed by atoms with van der Waals surface area (Å²) in [4.78, 5) is 33.5. The highest BCUT2D eigenvalue weighted by Crippen LogP contribution is 2.25. The molecule has 0 heterocycles. The highest BCUT2D eigenvalue weighted by molar-refractivity contribution is 9.10. The van der Waals surface area contributed by atoms with E-state index in [1.54, 1.807) is 6.07 Å². The third-order valence-corrected chi connectivity index (χ3v) is 2.72. The minimum Gasteiger partial charge on any atom is -0.496 e. The summed E-state index contributed by atoms with van der Waals surface area (Å²) in [5.41, 5.74) is 4.42. The van der Waals surface area contributed by atoms with Crippen molar-refractivity contribution in [2.75, 3.05) is 13.7 Å². The van der Waals surface area contributed by atoms with Crippen molar-refractivity contribution >= 4 is 33.7 Å². The van der Waals surface area contributed by atoms with Gasteiger partial charge in [-0.15, -0.1) is 0 Å². The first-order valence-corrected chi connectivity index (χ1v) is 6.29. The minimum absolute atomic E-state index is 0.269. The maximum Gasteiger partial charge on any atom is 0.338 e. The molecule has 0 aliphatic carbocycles. The predicted molar refractivity (Wildman–Crippen MR) is 72.9 cm³/mol. The molecule has 108 valence electrons. The second kappa shape index (κ2) is 7.49. The Balaban J connectivity index is 2.52. The number of amides is 2. The summed E-state index contributed by atoms with van der Waals surface area (Å²) < 4.78 is 10.4. The molecule has 0 aromatic heterocycles. The molecule has 0 aliphatic rings. The van der Waals surface area contributed by atoms with E-state index in [1.165, 1.54) is 26.2 Å².